The van der Waals surface area contributed by atoms with Gasteiger partial charge in [0.15, 0.2) is 0 Å². The second kappa shape index (κ2) is 6.86. The Morgan fingerprint density at radius 1 is 1.38 bits per heavy atom. The smallest absolute Gasteiger partial charge is 0.125 e. The van der Waals surface area contributed by atoms with Gasteiger partial charge in [0.2, 0.25) is 0 Å². The molecule has 0 aliphatic heterocycles. The van der Waals surface area contributed by atoms with E-state index in [9.17, 15) is 5.11 Å². The zero-order valence-corrected chi connectivity index (χ0v) is 9.52. The van der Waals surface area contributed by atoms with Crippen LogP contribution in [0, 0.1) is 11.3 Å². The average molecular weight is 219 g/mol. The number of benzene rings is 1. The monoisotopic (exact) mass is 219 g/mol. The fourth-order valence-electron chi connectivity index (χ4n) is 1.45. The average Bonchev–Trinajstić information content (AvgIpc) is 2.29. The third-order valence-corrected chi connectivity index (χ3v) is 2.31. The van der Waals surface area contributed by atoms with Crippen LogP contribution in [0.15, 0.2) is 24.3 Å². The molecule has 0 spiro atoms. The Morgan fingerprint density at radius 2 is 2.12 bits per heavy atom. The standard InChI is InChI=1S/C13H17NO2/c1-11(15)12-7-3-4-8-13(12)16-10-6-2-5-9-14/h3-4,7-8,11,15H,2,5-6,10H2,1H3/t11-/m1/s1. The summed E-state index contributed by atoms with van der Waals surface area (Å²) < 4.78 is 5.58. The van der Waals surface area contributed by atoms with Gasteiger partial charge in [-0.15, -0.1) is 0 Å². The SMILES string of the molecule is C[C@@H](O)c1ccccc1OCCCCC#N. The summed E-state index contributed by atoms with van der Waals surface area (Å²) in [5, 5.41) is 17.9. The molecule has 1 rings (SSSR count). The summed E-state index contributed by atoms with van der Waals surface area (Å²) in [5.41, 5.74) is 0.808. The van der Waals surface area contributed by atoms with E-state index in [1.165, 1.54) is 0 Å². The van der Waals surface area contributed by atoms with Gasteiger partial charge in [-0.25, -0.2) is 0 Å². The third-order valence-electron chi connectivity index (χ3n) is 2.31. The topological polar surface area (TPSA) is 53.2 Å². The van der Waals surface area contributed by atoms with Crippen LogP contribution < -0.4 is 4.74 Å². The molecule has 1 aromatic carbocycles. The quantitative estimate of drug-likeness (QED) is 0.748. The lowest BCUT2D eigenvalue weighted by molar-refractivity contribution is 0.191. The molecule has 0 heterocycles. The van der Waals surface area contributed by atoms with E-state index in [4.69, 9.17) is 10.00 Å². The van der Waals surface area contributed by atoms with E-state index < -0.39 is 6.10 Å². The predicted octanol–water partition coefficient (Wildman–Crippen LogP) is 2.81. The highest BCUT2D eigenvalue weighted by Crippen LogP contribution is 2.24. The number of para-hydroxylation sites is 1. The molecule has 0 amide bonds. The van der Waals surface area contributed by atoms with Gasteiger partial charge in [0.05, 0.1) is 18.8 Å². The van der Waals surface area contributed by atoms with Crippen LogP contribution in [-0.4, -0.2) is 11.7 Å². The second-order valence-corrected chi connectivity index (χ2v) is 3.68. The van der Waals surface area contributed by atoms with Crippen LogP contribution in [0.5, 0.6) is 5.75 Å². The Morgan fingerprint density at radius 3 is 2.81 bits per heavy atom. The van der Waals surface area contributed by atoms with Crippen LogP contribution in [0.4, 0.5) is 0 Å². The maximum absolute atomic E-state index is 9.52. The normalized spacial score (nSPS) is 11.8. The lowest BCUT2D eigenvalue weighted by atomic mass is 10.1. The van der Waals surface area contributed by atoms with E-state index in [-0.39, 0.29) is 0 Å². The molecule has 1 aromatic rings. The minimum absolute atomic E-state index is 0.518. The highest BCUT2D eigenvalue weighted by molar-refractivity contribution is 5.34. The van der Waals surface area contributed by atoms with Crippen molar-refractivity contribution >= 4 is 0 Å². The number of rotatable bonds is 6. The van der Waals surface area contributed by atoms with Gasteiger partial charge in [-0.2, -0.15) is 5.26 Å². The summed E-state index contributed by atoms with van der Waals surface area (Å²) in [6.45, 7) is 2.31. The van der Waals surface area contributed by atoms with Crippen LogP contribution >= 0.6 is 0 Å². The molecule has 0 aromatic heterocycles. The predicted molar refractivity (Wildman–Crippen MR) is 62.0 cm³/mol. The Balaban J connectivity index is 2.44. The number of ether oxygens (including phenoxy) is 1. The number of hydrogen-bond acceptors (Lipinski definition) is 3. The molecule has 3 heteroatoms. The van der Waals surface area contributed by atoms with Crippen molar-refractivity contribution < 1.29 is 9.84 Å². The molecule has 0 aliphatic rings. The highest BCUT2D eigenvalue weighted by Gasteiger charge is 2.07. The maximum atomic E-state index is 9.52. The third kappa shape index (κ3) is 3.92. The van der Waals surface area contributed by atoms with E-state index in [0.717, 1.165) is 24.2 Å². The first kappa shape index (κ1) is 12.5. The molecule has 86 valence electrons. The van der Waals surface area contributed by atoms with Crippen molar-refractivity contribution in [2.45, 2.75) is 32.3 Å². The van der Waals surface area contributed by atoms with Gasteiger partial charge in [-0.1, -0.05) is 18.2 Å². The lowest BCUT2D eigenvalue weighted by Gasteiger charge is -2.12. The Bertz CT molecular complexity index is 355. The van der Waals surface area contributed by atoms with Crippen LogP contribution in [0.25, 0.3) is 0 Å². The van der Waals surface area contributed by atoms with E-state index in [1.807, 2.05) is 24.3 Å². The van der Waals surface area contributed by atoms with Crippen molar-refractivity contribution in [1.29, 1.82) is 5.26 Å². The maximum Gasteiger partial charge on any atom is 0.125 e. The van der Waals surface area contributed by atoms with Gasteiger partial charge in [0.25, 0.3) is 0 Å². The molecule has 0 fully saturated rings. The fourth-order valence-corrected chi connectivity index (χ4v) is 1.45. The number of nitriles is 1. The number of hydrogen-bond donors (Lipinski definition) is 1. The summed E-state index contributed by atoms with van der Waals surface area (Å²) in [7, 11) is 0. The van der Waals surface area contributed by atoms with Crippen molar-refractivity contribution in [2.75, 3.05) is 6.61 Å². The molecule has 0 bridgehead atoms. The Kier molecular flexibility index (Phi) is 5.38. The first-order valence-corrected chi connectivity index (χ1v) is 5.52. The molecule has 0 unspecified atom stereocenters. The number of aliphatic hydroxyl groups is 1. The summed E-state index contributed by atoms with van der Waals surface area (Å²) in [6, 6.07) is 9.58. The van der Waals surface area contributed by atoms with Crippen molar-refractivity contribution in [3.8, 4) is 11.8 Å². The van der Waals surface area contributed by atoms with Crippen LogP contribution in [-0.2, 0) is 0 Å². The van der Waals surface area contributed by atoms with E-state index in [2.05, 4.69) is 6.07 Å². The first-order chi connectivity index (χ1) is 7.75. The fraction of sp³-hybridized carbons (Fsp3) is 0.462. The number of unbranched alkanes of at least 4 members (excludes halogenated alkanes) is 2. The molecule has 0 aliphatic carbocycles. The van der Waals surface area contributed by atoms with Gasteiger partial charge >= 0.3 is 0 Å². The molecule has 3 nitrogen and oxygen atoms in total. The van der Waals surface area contributed by atoms with E-state index >= 15 is 0 Å². The van der Waals surface area contributed by atoms with Crippen molar-refractivity contribution in [2.24, 2.45) is 0 Å². The molecule has 0 saturated heterocycles. The molecular weight excluding hydrogens is 202 g/mol. The van der Waals surface area contributed by atoms with E-state index in [0.29, 0.717) is 13.0 Å². The lowest BCUT2D eigenvalue weighted by Crippen LogP contribution is -2.02. The molecular formula is C13H17NO2. The van der Waals surface area contributed by atoms with Crippen molar-refractivity contribution in [3.05, 3.63) is 29.8 Å². The first-order valence-electron chi connectivity index (χ1n) is 5.52. The molecule has 16 heavy (non-hydrogen) atoms. The minimum Gasteiger partial charge on any atom is -0.493 e. The van der Waals surface area contributed by atoms with Crippen molar-refractivity contribution in [3.63, 3.8) is 0 Å². The number of nitrogens with zero attached hydrogens (tertiary/aromatic N) is 1. The highest BCUT2D eigenvalue weighted by atomic mass is 16.5. The summed E-state index contributed by atoms with van der Waals surface area (Å²) in [6.07, 6.45) is 1.77. The summed E-state index contributed by atoms with van der Waals surface area (Å²) in [5.74, 6) is 0.731. The van der Waals surface area contributed by atoms with Crippen LogP contribution in [0.3, 0.4) is 0 Å². The Labute approximate surface area is 96.3 Å². The zero-order chi connectivity index (χ0) is 11.8. The van der Waals surface area contributed by atoms with Gasteiger partial charge in [-0.05, 0) is 25.8 Å². The van der Waals surface area contributed by atoms with Gasteiger partial charge in [0, 0.05) is 12.0 Å². The summed E-state index contributed by atoms with van der Waals surface area (Å²) in [4.78, 5) is 0. The number of aliphatic hydroxyl groups excluding tert-OH is 1. The van der Waals surface area contributed by atoms with Crippen molar-refractivity contribution in [1.82, 2.24) is 0 Å². The van der Waals surface area contributed by atoms with Gasteiger partial charge < -0.3 is 9.84 Å². The largest absolute Gasteiger partial charge is 0.493 e. The molecule has 0 radical (unpaired) electrons. The van der Waals surface area contributed by atoms with Gasteiger partial charge in [-0.3, -0.25) is 0 Å². The minimum atomic E-state index is -0.518. The summed E-state index contributed by atoms with van der Waals surface area (Å²) >= 11 is 0. The second-order valence-electron chi connectivity index (χ2n) is 3.68. The van der Waals surface area contributed by atoms with Crippen LogP contribution in [0.1, 0.15) is 37.9 Å². The Hall–Kier alpha value is -1.53. The molecule has 1 atom stereocenters. The zero-order valence-electron chi connectivity index (χ0n) is 9.52. The molecule has 1 N–H and O–H groups in total. The van der Waals surface area contributed by atoms with Gasteiger partial charge in [0.1, 0.15) is 5.75 Å². The van der Waals surface area contributed by atoms with E-state index in [1.54, 1.807) is 6.92 Å². The van der Waals surface area contributed by atoms with Crippen LogP contribution in [0.2, 0.25) is 0 Å². The molecule has 0 saturated carbocycles.